The Bertz CT molecular complexity index is 658. The van der Waals surface area contributed by atoms with Crippen LogP contribution in [0.4, 0.5) is 11.6 Å². The third-order valence-corrected chi connectivity index (χ3v) is 3.31. The molecule has 0 bridgehead atoms. The maximum atomic E-state index is 12.0. The molecule has 0 aromatic carbocycles. The monoisotopic (exact) mass is 341 g/mol. The van der Waals surface area contributed by atoms with E-state index in [2.05, 4.69) is 15.3 Å². The fraction of sp³-hybridized carbons (Fsp3) is 0.429. The molecular formula is C14H20ClN5O3. The first-order valence-electron chi connectivity index (χ1n) is 6.87. The minimum absolute atomic E-state index is 0.0774. The number of rotatable bonds is 5. The number of nitrogen functional groups attached to an aromatic ring is 2. The van der Waals surface area contributed by atoms with E-state index in [0.29, 0.717) is 0 Å². The van der Waals surface area contributed by atoms with Crippen molar-refractivity contribution < 1.29 is 14.3 Å². The molecule has 0 unspecified atom stereocenters. The van der Waals surface area contributed by atoms with Crippen molar-refractivity contribution in [3.8, 4) is 0 Å². The number of halogens is 1. The number of ether oxygens (including phenoxy) is 1. The molecule has 1 heterocycles. The van der Waals surface area contributed by atoms with Gasteiger partial charge in [0.05, 0.1) is 0 Å². The lowest BCUT2D eigenvalue weighted by atomic mass is 10.0. The number of nitrogens with zero attached hydrogens (tertiary/aromatic N) is 2. The van der Waals surface area contributed by atoms with Crippen LogP contribution in [-0.4, -0.2) is 27.4 Å². The zero-order chi connectivity index (χ0) is 17.8. The van der Waals surface area contributed by atoms with Crippen molar-refractivity contribution in [3.05, 3.63) is 22.7 Å². The molecule has 0 aliphatic heterocycles. The van der Waals surface area contributed by atoms with E-state index in [4.69, 9.17) is 27.8 Å². The summed E-state index contributed by atoms with van der Waals surface area (Å²) in [5.74, 6) is -1.48. The standard InChI is InChI=1S/C14H20ClN5O3/c1-5-14(3,4)20-8(21)6-7(2)23-13(22)9-11(16)19-12(17)10(15)18-9/h6H,5H2,1-4H3,(H,20,21)(H4,16,17,19). The van der Waals surface area contributed by atoms with Crippen LogP contribution in [0.1, 0.15) is 44.6 Å². The summed E-state index contributed by atoms with van der Waals surface area (Å²) in [6.45, 7) is 7.17. The molecule has 0 aliphatic rings. The fourth-order valence-corrected chi connectivity index (χ4v) is 1.59. The second kappa shape index (κ2) is 7.28. The van der Waals surface area contributed by atoms with Crippen molar-refractivity contribution in [2.24, 2.45) is 0 Å². The van der Waals surface area contributed by atoms with Crippen molar-refractivity contribution in [1.82, 2.24) is 15.3 Å². The molecular weight excluding hydrogens is 322 g/mol. The van der Waals surface area contributed by atoms with Crippen LogP contribution in [0.25, 0.3) is 0 Å². The Hall–Kier alpha value is -2.35. The summed E-state index contributed by atoms with van der Waals surface area (Å²) in [6.07, 6.45) is 1.92. The zero-order valence-electron chi connectivity index (χ0n) is 13.4. The Morgan fingerprint density at radius 2 is 1.91 bits per heavy atom. The molecule has 0 saturated heterocycles. The molecule has 8 nitrogen and oxygen atoms in total. The average Bonchev–Trinajstić information content (AvgIpc) is 2.41. The van der Waals surface area contributed by atoms with Gasteiger partial charge in [0.1, 0.15) is 5.76 Å². The van der Waals surface area contributed by atoms with Gasteiger partial charge in [0.2, 0.25) is 5.91 Å². The number of allylic oxidation sites excluding steroid dienone is 1. The van der Waals surface area contributed by atoms with E-state index in [1.165, 1.54) is 6.92 Å². The summed E-state index contributed by atoms with van der Waals surface area (Å²) in [6, 6.07) is 0. The van der Waals surface area contributed by atoms with Crippen LogP contribution >= 0.6 is 11.6 Å². The predicted octanol–water partition coefficient (Wildman–Crippen LogP) is 1.66. The van der Waals surface area contributed by atoms with Crippen molar-refractivity contribution in [2.75, 3.05) is 11.5 Å². The number of nitrogens with one attached hydrogen (secondary N) is 1. The molecule has 23 heavy (non-hydrogen) atoms. The average molecular weight is 342 g/mol. The Morgan fingerprint density at radius 1 is 1.30 bits per heavy atom. The molecule has 5 N–H and O–H groups in total. The van der Waals surface area contributed by atoms with Crippen LogP contribution in [0.2, 0.25) is 5.15 Å². The maximum Gasteiger partial charge on any atom is 0.365 e. The summed E-state index contributed by atoms with van der Waals surface area (Å²) >= 11 is 5.70. The normalized spacial score (nSPS) is 12.0. The predicted molar refractivity (Wildman–Crippen MR) is 87.6 cm³/mol. The van der Waals surface area contributed by atoms with Gasteiger partial charge in [0, 0.05) is 11.6 Å². The molecule has 126 valence electrons. The minimum Gasteiger partial charge on any atom is -0.426 e. The summed E-state index contributed by atoms with van der Waals surface area (Å²) in [5, 5.41) is 2.62. The smallest absolute Gasteiger partial charge is 0.365 e. The van der Waals surface area contributed by atoms with Crippen molar-refractivity contribution >= 4 is 35.1 Å². The first kappa shape index (κ1) is 18.7. The Labute approximate surface area is 139 Å². The highest BCUT2D eigenvalue weighted by molar-refractivity contribution is 6.31. The topological polar surface area (TPSA) is 133 Å². The van der Waals surface area contributed by atoms with Gasteiger partial charge < -0.3 is 21.5 Å². The van der Waals surface area contributed by atoms with Gasteiger partial charge in [-0.15, -0.1) is 0 Å². The summed E-state index contributed by atoms with van der Waals surface area (Å²) in [4.78, 5) is 31.2. The summed E-state index contributed by atoms with van der Waals surface area (Å²) in [5.41, 5.74) is 10.3. The fourth-order valence-electron chi connectivity index (χ4n) is 1.46. The number of carbonyl (C=O) groups excluding carboxylic acids is 2. The van der Waals surface area contributed by atoms with E-state index in [9.17, 15) is 9.59 Å². The molecule has 0 fully saturated rings. The molecule has 0 saturated carbocycles. The van der Waals surface area contributed by atoms with Gasteiger partial charge in [-0.05, 0) is 27.2 Å². The van der Waals surface area contributed by atoms with Gasteiger partial charge in [-0.2, -0.15) is 0 Å². The van der Waals surface area contributed by atoms with E-state index in [-0.39, 0.29) is 39.7 Å². The Balaban J connectivity index is 2.83. The number of anilines is 2. The molecule has 1 rings (SSSR count). The van der Waals surface area contributed by atoms with E-state index >= 15 is 0 Å². The molecule has 9 heteroatoms. The number of aromatic nitrogens is 2. The first-order chi connectivity index (χ1) is 10.6. The second-order valence-electron chi connectivity index (χ2n) is 5.50. The zero-order valence-corrected chi connectivity index (χ0v) is 14.2. The van der Waals surface area contributed by atoms with Gasteiger partial charge in [0.15, 0.2) is 22.5 Å². The van der Waals surface area contributed by atoms with Gasteiger partial charge in [-0.1, -0.05) is 18.5 Å². The maximum absolute atomic E-state index is 12.0. The lowest BCUT2D eigenvalue weighted by Crippen LogP contribution is -2.42. The van der Waals surface area contributed by atoms with Crippen molar-refractivity contribution in [2.45, 2.75) is 39.7 Å². The molecule has 1 aromatic rings. The van der Waals surface area contributed by atoms with Gasteiger partial charge in [0.25, 0.3) is 0 Å². The highest BCUT2D eigenvalue weighted by Crippen LogP contribution is 2.18. The molecule has 1 amide bonds. The third-order valence-electron chi connectivity index (χ3n) is 3.03. The number of amides is 1. The van der Waals surface area contributed by atoms with Crippen molar-refractivity contribution in [1.29, 1.82) is 0 Å². The molecule has 0 atom stereocenters. The second-order valence-corrected chi connectivity index (χ2v) is 5.86. The highest BCUT2D eigenvalue weighted by Gasteiger charge is 2.20. The first-order valence-corrected chi connectivity index (χ1v) is 7.24. The third kappa shape index (κ3) is 5.41. The van der Waals surface area contributed by atoms with Gasteiger partial charge >= 0.3 is 5.97 Å². The lowest BCUT2D eigenvalue weighted by Gasteiger charge is -2.23. The van der Waals surface area contributed by atoms with E-state index in [0.717, 1.165) is 12.5 Å². The lowest BCUT2D eigenvalue weighted by molar-refractivity contribution is -0.118. The number of esters is 1. The quantitative estimate of drug-likeness (QED) is 0.421. The van der Waals surface area contributed by atoms with Gasteiger partial charge in [-0.3, -0.25) is 4.79 Å². The number of carbonyl (C=O) groups is 2. The van der Waals surface area contributed by atoms with Crippen LogP contribution < -0.4 is 16.8 Å². The van der Waals surface area contributed by atoms with Crippen LogP contribution in [0.15, 0.2) is 11.8 Å². The van der Waals surface area contributed by atoms with Crippen LogP contribution in [0, 0.1) is 0 Å². The number of hydrogen-bond donors (Lipinski definition) is 3. The summed E-state index contributed by atoms with van der Waals surface area (Å²) < 4.78 is 5.01. The SMILES string of the molecule is CCC(C)(C)NC(=O)C=C(C)OC(=O)c1nc(Cl)c(N)nc1N. The minimum atomic E-state index is -0.881. The van der Waals surface area contributed by atoms with Crippen molar-refractivity contribution in [3.63, 3.8) is 0 Å². The summed E-state index contributed by atoms with van der Waals surface area (Å²) in [7, 11) is 0. The van der Waals surface area contributed by atoms with Crippen LogP contribution in [-0.2, 0) is 9.53 Å². The molecule has 1 aromatic heterocycles. The Kier molecular flexibility index (Phi) is 5.91. The van der Waals surface area contributed by atoms with Gasteiger partial charge in [-0.25, -0.2) is 14.8 Å². The number of nitrogens with two attached hydrogens (primary N) is 2. The molecule has 0 aliphatic carbocycles. The molecule has 0 radical (unpaired) electrons. The van der Waals surface area contributed by atoms with Crippen LogP contribution in [0.3, 0.4) is 0 Å². The van der Waals surface area contributed by atoms with E-state index in [1.54, 1.807) is 0 Å². The highest BCUT2D eigenvalue weighted by atomic mass is 35.5. The molecule has 0 spiro atoms. The van der Waals surface area contributed by atoms with E-state index < -0.39 is 5.97 Å². The Morgan fingerprint density at radius 3 is 2.48 bits per heavy atom. The number of hydrogen-bond acceptors (Lipinski definition) is 7. The van der Waals surface area contributed by atoms with E-state index in [1.807, 2.05) is 20.8 Å². The largest absolute Gasteiger partial charge is 0.426 e. The van der Waals surface area contributed by atoms with Crippen LogP contribution in [0.5, 0.6) is 0 Å².